The Morgan fingerprint density at radius 1 is 0.841 bits per heavy atom. The highest BCUT2D eigenvalue weighted by atomic mass is 35.6. The largest absolute Gasteiger partial charge is 0.497 e. The fourth-order valence-corrected chi connectivity index (χ4v) is 8.34. The van der Waals surface area contributed by atoms with Crippen LogP contribution >= 0.6 is 34.8 Å². The number of hydrogen-bond acceptors (Lipinski definition) is 11. The van der Waals surface area contributed by atoms with Crippen molar-refractivity contribution in [2.75, 3.05) is 33.9 Å². The second-order valence-corrected chi connectivity index (χ2v) is 19.5. The zero-order chi connectivity index (χ0) is 49.8. The van der Waals surface area contributed by atoms with Crippen LogP contribution in [0.2, 0.25) is 0 Å². The number of ether oxygens (including phenoxy) is 5. The number of carbonyl (C=O) groups is 3. The molecule has 2 bridgehead atoms. The fourth-order valence-electron chi connectivity index (χ4n) is 8.22. The van der Waals surface area contributed by atoms with Crippen molar-refractivity contribution in [2.24, 2.45) is 0 Å². The van der Waals surface area contributed by atoms with E-state index in [-0.39, 0.29) is 56.6 Å². The van der Waals surface area contributed by atoms with Gasteiger partial charge in [-0.15, -0.1) is 10.1 Å². The number of nitrogens with zero attached hydrogens (tertiary/aromatic N) is 4. The lowest BCUT2D eigenvalue weighted by molar-refractivity contribution is -0.763. The monoisotopic (exact) mass is 1020 g/mol. The highest BCUT2D eigenvalue weighted by molar-refractivity contribution is 6.68. The molecule has 0 spiro atoms. The first-order chi connectivity index (χ1) is 32.8. The Hall–Kier alpha value is -6.11. The van der Waals surface area contributed by atoms with E-state index in [0.29, 0.717) is 65.5 Å². The molecule has 1 saturated heterocycles. The van der Waals surface area contributed by atoms with E-state index in [2.05, 4.69) is 4.84 Å². The Kier molecular flexibility index (Phi) is 15.6. The van der Waals surface area contributed by atoms with Gasteiger partial charge < -0.3 is 38.3 Å². The van der Waals surface area contributed by atoms with E-state index in [1.807, 2.05) is 24.3 Å². The standard InChI is InChI=1S/C48H48Cl3F3N4O11/c1-47(2,48(49,50)51)69-46(61)57-33-22-37(31-12-10-28(11-13-31)8-6-18-66-43-39(53)17-16-38(52)42(43)54)41(44(59)56(32-14-15-32)24-30-20-35(64-3)23-36(21-30)65-4)40(57)26-55(25-33)45(60)68-34-9-5-7-29(19-34)27-67-58(62)63/h5,7,9-13,16-17,19-21,23,32-33,40H,6,8,14-15,18,22,24-27H2,1-4H3. The number of amides is 3. The van der Waals surface area contributed by atoms with Crippen molar-refractivity contribution in [3.8, 4) is 23.0 Å². The molecular formula is C48H48Cl3F3N4O11. The van der Waals surface area contributed by atoms with Crippen molar-refractivity contribution in [1.29, 1.82) is 0 Å². The van der Waals surface area contributed by atoms with Crippen LogP contribution in [0.15, 0.2) is 84.4 Å². The summed E-state index contributed by atoms with van der Waals surface area (Å²) < 4.78 is 68.1. The molecule has 21 heteroatoms. The van der Waals surface area contributed by atoms with Gasteiger partial charge in [0.15, 0.2) is 23.0 Å². The number of alkyl halides is 3. The van der Waals surface area contributed by atoms with Crippen LogP contribution in [0.1, 0.15) is 61.8 Å². The van der Waals surface area contributed by atoms with E-state index < -0.39 is 67.9 Å². The molecule has 69 heavy (non-hydrogen) atoms. The van der Waals surface area contributed by atoms with E-state index in [1.165, 1.54) is 50.0 Å². The number of carbonyl (C=O) groups excluding carboxylic acids is 3. The van der Waals surface area contributed by atoms with Gasteiger partial charge in [-0.05, 0) is 110 Å². The molecule has 4 aromatic rings. The minimum atomic E-state index is -2.07. The molecular weight excluding hydrogens is 972 g/mol. The van der Waals surface area contributed by atoms with Crippen molar-refractivity contribution in [3.05, 3.63) is 134 Å². The zero-order valence-corrected chi connectivity index (χ0v) is 40.1. The van der Waals surface area contributed by atoms with Crippen molar-refractivity contribution in [2.45, 2.75) is 86.6 Å². The minimum absolute atomic E-state index is 0.0435. The topological polar surface area (TPSA) is 159 Å². The molecule has 1 saturated carbocycles. The summed E-state index contributed by atoms with van der Waals surface area (Å²) in [5.41, 5.74) is 1.68. The quantitative estimate of drug-likeness (QED) is 0.0326. The zero-order valence-electron chi connectivity index (χ0n) is 37.9. The number of benzene rings is 4. The predicted octanol–water partition coefficient (Wildman–Crippen LogP) is 10.0. The Morgan fingerprint density at radius 2 is 1.51 bits per heavy atom. The van der Waals surface area contributed by atoms with Gasteiger partial charge in [-0.2, -0.15) is 4.39 Å². The smallest absolute Gasteiger partial charge is 0.415 e. The van der Waals surface area contributed by atoms with Crippen LogP contribution in [-0.2, 0) is 33.9 Å². The van der Waals surface area contributed by atoms with Gasteiger partial charge in [0.2, 0.25) is 9.61 Å². The summed E-state index contributed by atoms with van der Waals surface area (Å²) in [5.74, 6) is -3.78. The maximum absolute atomic E-state index is 15.6. The van der Waals surface area contributed by atoms with Gasteiger partial charge in [0, 0.05) is 37.3 Å². The molecule has 1 aliphatic carbocycles. The SMILES string of the molecule is COc1cc(CN(C(=O)C2=C(c3ccc(CCCOc4c(F)ccc(F)c4F)cc3)CC3CN(C(=O)Oc4cccc(CO[N+](=O)[O-])c4)CC2N3C(=O)OC(C)(C)C(Cl)(Cl)Cl)C2CC2)cc(OC)c1. The summed E-state index contributed by atoms with van der Waals surface area (Å²) in [6.07, 6.45) is 0.461. The normalized spacial score (nSPS) is 17.0. The van der Waals surface area contributed by atoms with E-state index in [0.717, 1.165) is 11.6 Å². The molecule has 368 valence electrons. The Bertz CT molecular complexity index is 2590. The Labute approximate surface area is 410 Å². The highest BCUT2D eigenvalue weighted by Gasteiger charge is 2.53. The molecule has 2 atom stereocenters. The summed E-state index contributed by atoms with van der Waals surface area (Å²) in [6.45, 7) is 2.16. The summed E-state index contributed by atoms with van der Waals surface area (Å²) in [6, 6.07) is 18.0. The summed E-state index contributed by atoms with van der Waals surface area (Å²) in [4.78, 5) is 64.1. The van der Waals surface area contributed by atoms with E-state index in [4.69, 9.17) is 58.5 Å². The molecule has 2 fully saturated rings. The van der Waals surface area contributed by atoms with Crippen LogP contribution in [0.5, 0.6) is 23.0 Å². The van der Waals surface area contributed by atoms with E-state index >= 15 is 4.79 Å². The molecule has 15 nitrogen and oxygen atoms in total. The van der Waals surface area contributed by atoms with Gasteiger partial charge in [-0.3, -0.25) is 9.69 Å². The lowest BCUT2D eigenvalue weighted by Gasteiger charge is -2.51. The van der Waals surface area contributed by atoms with Gasteiger partial charge in [-0.25, -0.2) is 18.4 Å². The third kappa shape index (κ3) is 12.0. The van der Waals surface area contributed by atoms with Crippen LogP contribution in [0.3, 0.4) is 0 Å². The van der Waals surface area contributed by atoms with Gasteiger partial charge in [0.25, 0.3) is 11.0 Å². The lowest BCUT2D eigenvalue weighted by Crippen LogP contribution is -2.66. The van der Waals surface area contributed by atoms with E-state index in [9.17, 15) is 32.9 Å². The fraction of sp³-hybridized carbons (Fsp3) is 0.396. The third-order valence-corrected chi connectivity index (χ3v) is 13.4. The van der Waals surface area contributed by atoms with Crippen molar-refractivity contribution in [1.82, 2.24) is 14.7 Å². The Morgan fingerprint density at radius 3 is 2.14 bits per heavy atom. The van der Waals surface area contributed by atoms with E-state index in [1.54, 1.807) is 35.2 Å². The molecule has 0 aromatic heterocycles. The number of methoxy groups -OCH3 is 2. The second-order valence-electron chi connectivity index (χ2n) is 17.2. The first kappa shape index (κ1) is 50.8. The number of halogens is 6. The summed E-state index contributed by atoms with van der Waals surface area (Å²) in [5, 5.41) is 9.91. The minimum Gasteiger partial charge on any atom is -0.497 e. The number of hydrogen-bond donors (Lipinski definition) is 0. The molecule has 4 aromatic carbocycles. The molecule has 2 unspecified atom stereocenters. The molecule has 7 rings (SSSR count). The van der Waals surface area contributed by atoms with Crippen LogP contribution in [0.25, 0.3) is 5.57 Å². The maximum Gasteiger partial charge on any atom is 0.415 e. The molecule has 2 aliphatic heterocycles. The number of piperazine rings is 1. The molecule has 3 amide bonds. The van der Waals surface area contributed by atoms with Gasteiger partial charge >= 0.3 is 12.2 Å². The number of aryl methyl sites for hydroxylation is 1. The first-order valence-corrected chi connectivity index (χ1v) is 22.9. The lowest BCUT2D eigenvalue weighted by atomic mass is 9.81. The van der Waals surface area contributed by atoms with Crippen molar-refractivity contribution >= 4 is 58.5 Å². The van der Waals surface area contributed by atoms with Crippen LogP contribution in [0.4, 0.5) is 22.8 Å². The van der Waals surface area contributed by atoms with Crippen molar-refractivity contribution < 1.29 is 61.2 Å². The van der Waals surface area contributed by atoms with Crippen molar-refractivity contribution in [3.63, 3.8) is 0 Å². The van der Waals surface area contributed by atoms with Gasteiger partial charge in [0.1, 0.15) is 23.9 Å². The second kappa shape index (κ2) is 21.3. The number of rotatable bonds is 17. The van der Waals surface area contributed by atoms with Crippen LogP contribution < -0.4 is 18.9 Å². The molecule has 3 aliphatic rings. The maximum atomic E-state index is 15.6. The summed E-state index contributed by atoms with van der Waals surface area (Å²) in [7, 11) is 3.04. The molecule has 2 heterocycles. The third-order valence-electron chi connectivity index (χ3n) is 12.0. The average Bonchev–Trinajstić information content (AvgIpc) is 4.16. The van der Waals surface area contributed by atoms with Crippen LogP contribution in [0, 0.1) is 27.6 Å². The number of fused-ring (bicyclic) bond motifs is 2. The molecule has 0 N–H and O–H groups in total. The first-order valence-electron chi connectivity index (χ1n) is 21.8. The predicted molar refractivity (Wildman–Crippen MR) is 247 cm³/mol. The highest BCUT2D eigenvalue weighted by Crippen LogP contribution is 2.45. The van der Waals surface area contributed by atoms with Crippen LogP contribution in [-0.4, -0.2) is 99.3 Å². The summed E-state index contributed by atoms with van der Waals surface area (Å²) >= 11 is 18.9. The Balaban J connectivity index is 1.26. The van der Waals surface area contributed by atoms with Gasteiger partial charge in [0.05, 0.1) is 32.9 Å². The van der Waals surface area contributed by atoms with Gasteiger partial charge in [-0.1, -0.05) is 71.2 Å². The molecule has 0 radical (unpaired) electrons. The average molecular weight is 1020 g/mol.